The third-order valence-electron chi connectivity index (χ3n) is 6.00. The van der Waals surface area contributed by atoms with Gasteiger partial charge in [-0.15, -0.1) is 0 Å². The molecule has 1 spiro atoms. The molecule has 7 heteroatoms. The van der Waals surface area contributed by atoms with Gasteiger partial charge in [-0.3, -0.25) is 4.79 Å². The average Bonchev–Trinajstić information content (AvgIpc) is 3.12. The molecule has 2 aliphatic rings. The number of aryl methyl sites for hydroxylation is 1. The van der Waals surface area contributed by atoms with Crippen molar-refractivity contribution < 1.29 is 19.0 Å². The predicted octanol–water partition coefficient (Wildman–Crippen LogP) is 2.30. The molecule has 2 aromatic rings. The standard InChI is InChI=1S/C21H27N3O4/c1-15-22-7-10-24(15)14-20(25)23-8-5-21(6-9-23)17-13-19(27-3)18(26-2)12-16(17)4-11-28-21/h7,10,12-13H,4-6,8-9,11,14H2,1-3H3. The lowest BCUT2D eigenvalue weighted by Crippen LogP contribution is -2.49. The van der Waals surface area contributed by atoms with Crippen molar-refractivity contribution in [1.82, 2.24) is 14.5 Å². The SMILES string of the molecule is COc1cc2c(cc1OC)C1(CCN(C(=O)Cn3ccnc3C)CC1)OCC2. The van der Waals surface area contributed by atoms with Gasteiger partial charge in [-0.25, -0.2) is 4.98 Å². The Kier molecular flexibility index (Phi) is 5.02. The van der Waals surface area contributed by atoms with E-state index in [4.69, 9.17) is 14.2 Å². The Hall–Kier alpha value is -2.54. The van der Waals surface area contributed by atoms with E-state index < -0.39 is 0 Å². The Morgan fingerprint density at radius 2 is 1.93 bits per heavy atom. The molecule has 0 saturated carbocycles. The number of likely N-dealkylation sites (tertiary alicyclic amines) is 1. The minimum atomic E-state index is -0.352. The van der Waals surface area contributed by atoms with E-state index in [1.165, 1.54) is 11.1 Å². The summed E-state index contributed by atoms with van der Waals surface area (Å²) in [4.78, 5) is 18.8. The van der Waals surface area contributed by atoms with E-state index in [0.29, 0.717) is 26.2 Å². The summed E-state index contributed by atoms with van der Waals surface area (Å²) in [5.41, 5.74) is 2.07. The molecule has 1 saturated heterocycles. The fourth-order valence-corrected chi connectivity index (χ4v) is 4.33. The molecule has 2 aliphatic heterocycles. The van der Waals surface area contributed by atoms with Crippen molar-refractivity contribution in [3.8, 4) is 11.5 Å². The molecule has 28 heavy (non-hydrogen) atoms. The van der Waals surface area contributed by atoms with Crippen molar-refractivity contribution >= 4 is 5.91 Å². The van der Waals surface area contributed by atoms with Crippen molar-refractivity contribution in [2.45, 2.75) is 38.3 Å². The Balaban J connectivity index is 1.51. The van der Waals surface area contributed by atoms with Crippen LogP contribution in [0.5, 0.6) is 11.5 Å². The van der Waals surface area contributed by atoms with Crippen molar-refractivity contribution in [2.75, 3.05) is 33.9 Å². The summed E-state index contributed by atoms with van der Waals surface area (Å²) in [6.45, 7) is 4.29. The number of rotatable bonds is 4. The number of benzene rings is 1. The number of hydrogen-bond acceptors (Lipinski definition) is 5. The van der Waals surface area contributed by atoms with Gasteiger partial charge in [0.05, 0.1) is 26.4 Å². The molecule has 1 aromatic heterocycles. The highest BCUT2D eigenvalue weighted by Gasteiger charge is 2.42. The summed E-state index contributed by atoms with van der Waals surface area (Å²) in [7, 11) is 3.31. The molecule has 1 fully saturated rings. The molecular formula is C21H27N3O4. The van der Waals surface area contributed by atoms with Crippen LogP contribution in [0.15, 0.2) is 24.5 Å². The van der Waals surface area contributed by atoms with Crippen LogP contribution < -0.4 is 9.47 Å². The Bertz CT molecular complexity index is 869. The van der Waals surface area contributed by atoms with Crippen LogP contribution in [0, 0.1) is 6.92 Å². The van der Waals surface area contributed by atoms with E-state index in [9.17, 15) is 4.79 Å². The van der Waals surface area contributed by atoms with E-state index in [1.807, 2.05) is 22.6 Å². The fourth-order valence-electron chi connectivity index (χ4n) is 4.33. The highest BCUT2D eigenvalue weighted by atomic mass is 16.5. The monoisotopic (exact) mass is 385 g/mol. The zero-order valence-electron chi connectivity index (χ0n) is 16.7. The summed E-state index contributed by atoms with van der Waals surface area (Å²) in [6, 6.07) is 4.12. The average molecular weight is 385 g/mol. The van der Waals surface area contributed by atoms with Crippen LogP contribution in [-0.2, 0) is 28.1 Å². The molecule has 0 unspecified atom stereocenters. The van der Waals surface area contributed by atoms with Gasteiger partial charge >= 0.3 is 0 Å². The smallest absolute Gasteiger partial charge is 0.242 e. The number of ether oxygens (including phenoxy) is 3. The van der Waals surface area contributed by atoms with E-state index in [1.54, 1.807) is 20.4 Å². The van der Waals surface area contributed by atoms with Gasteiger partial charge < -0.3 is 23.7 Å². The lowest BCUT2D eigenvalue weighted by molar-refractivity contribution is -0.141. The minimum Gasteiger partial charge on any atom is -0.493 e. The molecular weight excluding hydrogens is 358 g/mol. The summed E-state index contributed by atoms with van der Waals surface area (Å²) in [5.74, 6) is 2.45. The van der Waals surface area contributed by atoms with Crippen LogP contribution in [0.2, 0.25) is 0 Å². The molecule has 0 radical (unpaired) electrons. The third-order valence-corrected chi connectivity index (χ3v) is 6.00. The minimum absolute atomic E-state index is 0.124. The predicted molar refractivity (Wildman–Crippen MR) is 104 cm³/mol. The van der Waals surface area contributed by atoms with Crippen molar-refractivity contribution in [3.63, 3.8) is 0 Å². The summed E-state index contributed by atoms with van der Waals surface area (Å²) >= 11 is 0. The van der Waals surface area contributed by atoms with Gasteiger partial charge in [-0.1, -0.05) is 0 Å². The number of carbonyl (C=O) groups excluding carboxylic acids is 1. The number of imidazole rings is 1. The largest absolute Gasteiger partial charge is 0.493 e. The molecule has 7 nitrogen and oxygen atoms in total. The summed E-state index contributed by atoms with van der Waals surface area (Å²) < 4.78 is 19.2. The first kappa shape index (κ1) is 18.8. The molecule has 1 amide bonds. The molecule has 3 heterocycles. The normalized spacial score (nSPS) is 18.0. The first-order valence-corrected chi connectivity index (χ1v) is 9.71. The van der Waals surface area contributed by atoms with Gasteiger partial charge in [-0.05, 0) is 49.4 Å². The Labute approximate surface area is 165 Å². The number of carbonyl (C=O) groups is 1. The zero-order valence-corrected chi connectivity index (χ0v) is 16.7. The molecule has 0 aliphatic carbocycles. The second kappa shape index (κ2) is 7.47. The summed E-state index contributed by atoms with van der Waals surface area (Å²) in [5, 5.41) is 0. The maximum Gasteiger partial charge on any atom is 0.242 e. The van der Waals surface area contributed by atoms with Crippen LogP contribution in [0.1, 0.15) is 29.8 Å². The van der Waals surface area contributed by atoms with Gasteiger partial charge in [0.1, 0.15) is 12.4 Å². The van der Waals surface area contributed by atoms with Crippen LogP contribution in [0.4, 0.5) is 0 Å². The first-order chi connectivity index (χ1) is 13.6. The maximum atomic E-state index is 12.7. The van der Waals surface area contributed by atoms with Crippen molar-refractivity contribution in [3.05, 3.63) is 41.5 Å². The van der Waals surface area contributed by atoms with E-state index in [0.717, 1.165) is 36.6 Å². The van der Waals surface area contributed by atoms with Gasteiger partial charge in [0.15, 0.2) is 11.5 Å². The number of aromatic nitrogens is 2. The van der Waals surface area contributed by atoms with E-state index in [2.05, 4.69) is 17.1 Å². The van der Waals surface area contributed by atoms with Crippen molar-refractivity contribution in [2.24, 2.45) is 0 Å². The summed E-state index contributed by atoms with van der Waals surface area (Å²) in [6.07, 6.45) is 6.00. The lowest BCUT2D eigenvalue weighted by atomic mass is 9.79. The molecule has 150 valence electrons. The molecule has 0 atom stereocenters. The van der Waals surface area contributed by atoms with Crippen LogP contribution >= 0.6 is 0 Å². The van der Waals surface area contributed by atoms with Crippen LogP contribution in [0.25, 0.3) is 0 Å². The Morgan fingerprint density at radius 1 is 1.21 bits per heavy atom. The maximum absolute atomic E-state index is 12.7. The van der Waals surface area contributed by atoms with Gasteiger partial charge in [0.2, 0.25) is 5.91 Å². The zero-order chi connectivity index (χ0) is 19.7. The molecule has 4 rings (SSSR count). The quantitative estimate of drug-likeness (QED) is 0.808. The number of fused-ring (bicyclic) bond motifs is 2. The second-order valence-corrected chi connectivity index (χ2v) is 7.44. The lowest BCUT2D eigenvalue weighted by Gasteiger charge is -2.45. The highest BCUT2D eigenvalue weighted by Crippen LogP contribution is 2.45. The van der Waals surface area contributed by atoms with Crippen LogP contribution in [0.3, 0.4) is 0 Å². The number of methoxy groups -OCH3 is 2. The topological polar surface area (TPSA) is 65.8 Å². The Morgan fingerprint density at radius 3 is 2.57 bits per heavy atom. The number of hydrogen-bond donors (Lipinski definition) is 0. The van der Waals surface area contributed by atoms with Gasteiger partial charge in [-0.2, -0.15) is 0 Å². The molecule has 1 aromatic carbocycles. The van der Waals surface area contributed by atoms with Gasteiger partial charge in [0, 0.05) is 25.5 Å². The molecule has 0 bridgehead atoms. The number of amides is 1. The third kappa shape index (κ3) is 3.24. The van der Waals surface area contributed by atoms with Crippen molar-refractivity contribution in [1.29, 1.82) is 0 Å². The first-order valence-electron chi connectivity index (χ1n) is 9.71. The highest BCUT2D eigenvalue weighted by molar-refractivity contribution is 5.76. The number of piperidine rings is 1. The number of nitrogens with zero attached hydrogens (tertiary/aromatic N) is 3. The van der Waals surface area contributed by atoms with Crippen LogP contribution in [-0.4, -0.2) is 54.3 Å². The van der Waals surface area contributed by atoms with E-state index in [-0.39, 0.29) is 11.5 Å². The molecule has 0 N–H and O–H groups in total. The fraction of sp³-hybridized carbons (Fsp3) is 0.524. The second-order valence-electron chi connectivity index (χ2n) is 7.44. The van der Waals surface area contributed by atoms with Gasteiger partial charge in [0.25, 0.3) is 0 Å². The van der Waals surface area contributed by atoms with E-state index >= 15 is 0 Å².